The molecule has 1 N–H and O–H groups in total. The normalized spacial score (nSPS) is 13.0. The number of likely N-dealkylation sites (N-methyl/N-ethyl adjacent to an activating group) is 1. The summed E-state index contributed by atoms with van der Waals surface area (Å²) in [6, 6.07) is 0. The van der Waals surface area contributed by atoms with Gasteiger partial charge in [-0.2, -0.15) is 18.3 Å². The maximum atomic E-state index is 12.4. The Morgan fingerprint density at radius 3 is 2.54 bits per heavy atom. The largest absolute Gasteiger partial charge is 0.401 e. The van der Waals surface area contributed by atoms with Gasteiger partial charge in [0.15, 0.2) is 5.96 Å². The van der Waals surface area contributed by atoms with Crippen LogP contribution < -0.4 is 5.32 Å². The molecule has 0 bridgehead atoms. The SMILES string of the molecule is CCNC(=NCCN(C)CC(F)(F)F)N(C)Cc1cn(C)nc1C(C)C. The molecule has 0 atom stereocenters. The summed E-state index contributed by atoms with van der Waals surface area (Å²) < 4.78 is 38.9. The van der Waals surface area contributed by atoms with Crippen LogP contribution in [0.15, 0.2) is 11.2 Å². The molecule has 26 heavy (non-hydrogen) atoms. The third-order valence-electron chi connectivity index (χ3n) is 3.78. The monoisotopic (exact) mass is 376 g/mol. The van der Waals surface area contributed by atoms with Gasteiger partial charge in [-0.25, -0.2) is 0 Å². The summed E-state index contributed by atoms with van der Waals surface area (Å²) in [6.45, 7) is 7.08. The van der Waals surface area contributed by atoms with Crippen molar-refractivity contribution in [2.45, 2.75) is 39.4 Å². The van der Waals surface area contributed by atoms with Crippen molar-refractivity contribution in [3.8, 4) is 0 Å². The highest BCUT2D eigenvalue weighted by atomic mass is 19.4. The fourth-order valence-corrected chi connectivity index (χ4v) is 2.67. The first kappa shape index (κ1) is 22.3. The summed E-state index contributed by atoms with van der Waals surface area (Å²) in [5.74, 6) is 0.988. The molecule has 0 aromatic carbocycles. The average Bonchev–Trinajstić information content (AvgIpc) is 2.85. The molecule has 1 rings (SSSR count). The molecule has 0 unspecified atom stereocenters. The number of guanidine groups is 1. The zero-order valence-corrected chi connectivity index (χ0v) is 16.6. The minimum absolute atomic E-state index is 0.242. The highest BCUT2D eigenvalue weighted by Gasteiger charge is 2.28. The first-order valence-electron chi connectivity index (χ1n) is 8.80. The smallest absolute Gasteiger partial charge is 0.357 e. The third kappa shape index (κ3) is 7.63. The van der Waals surface area contributed by atoms with Gasteiger partial charge in [-0.05, 0) is 19.9 Å². The molecule has 9 heteroatoms. The third-order valence-corrected chi connectivity index (χ3v) is 3.78. The quantitative estimate of drug-likeness (QED) is 0.559. The van der Waals surface area contributed by atoms with E-state index < -0.39 is 12.7 Å². The van der Waals surface area contributed by atoms with Crippen LogP contribution in [0.1, 0.15) is 37.9 Å². The lowest BCUT2D eigenvalue weighted by atomic mass is 10.1. The molecule has 0 aliphatic heterocycles. The maximum absolute atomic E-state index is 12.4. The molecule has 0 amide bonds. The molecular formula is C17H31F3N6. The van der Waals surface area contributed by atoms with Crippen molar-refractivity contribution in [3.05, 3.63) is 17.5 Å². The lowest BCUT2D eigenvalue weighted by molar-refractivity contribution is -0.142. The molecule has 1 heterocycles. The number of aliphatic imine (C=N–C) groups is 1. The van der Waals surface area contributed by atoms with E-state index in [2.05, 4.69) is 29.3 Å². The first-order chi connectivity index (χ1) is 12.0. The first-order valence-corrected chi connectivity index (χ1v) is 8.80. The Balaban J connectivity index is 2.73. The van der Waals surface area contributed by atoms with E-state index in [1.165, 1.54) is 11.9 Å². The number of nitrogens with one attached hydrogen (secondary N) is 1. The Hall–Kier alpha value is -1.77. The number of rotatable bonds is 8. The second-order valence-electron chi connectivity index (χ2n) is 6.81. The van der Waals surface area contributed by atoms with Crippen LogP contribution in [0.4, 0.5) is 13.2 Å². The molecule has 0 fully saturated rings. The van der Waals surface area contributed by atoms with E-state index in [4.69, 9.17) is 0 Å². The molecule has 1 aromatic heterocycles. The van der Waals surface area contributed by atoms with Crippen molar-refractivity contribution in [2.24, 2.45) is 12.0 Å². The molecular weight excluding hydrogens is 345 g/mol. The number of aromatic nitrogens is 2. The molecule has 0 aliphatic carbocycles. The molecule has 0 saturated carbocycles. The minimum atomic E-state index is -4.19. The van der Waals surface area contributed by atoms with Crippen molar-refractivity contribution in [1.82, 2.24) is 24.9 Å². The van der Waals surface area contributed by atoms with Crippen LogP contribution in [0.2, 0.25) is 0 Å². The Kier molecular flexibility index (Phi) is 8.39. The summed E-state index contributed by atoms with van der Waals surface area (Å²) in [6.07, 6.45) is -2.19. The van der Waals surface area contributed by atoms with E-state index in [1.54, 1.807) is 4.68 Å². The number of nitrogens with zero attached hydrogens (tertiary/aromatic N) is 5. The van der Waals surface area contributed by atoms with Crippen molar-refractivity contribution in [1.29, 1.82) is 0 Å². The van der Waals surface area contributed by atoms with Crippen molar-refractivity contribution in [2.75, 3.05) is 40.3 Å². The van der Waals surface area contributed by atoms with Gasteiger partial charge in [0.05, 0.1) is 18.8 Å². The number of aryl methyl sites for hydroxylation is 1. The van der Waals surface area contributed by atoms with Gasteiger partial charge < -0.3 is 10.2 Å². The second-order valence-corrected chi connectivity index (χ2v) is 6.81. The van der Waals surface area contributed by atoms with Gasteiger partial charge in [-0.3, -0.25) is 14.6 Å². The fourth-order valence-electron chi connectivity index (χ4n) is 2.67. The highest BCUT2D eigenvalue weighted by Crippen LogP contribution is 2.18. The summed E-state index contributed by atoms with van der Waals surface area (Å²) >= 11 is 0. The molecule has 150 valence electrons. The summed E-state index contributed by atoms with van der Waals surface area (Å²) in [5, 5.41) is 7.69. The van der Waals surface area contributed by atoms with Gasteiger partial charge in [0.2, 0.25) is 0 Å². The summed E-state index contributed by atoms with van der Waals surface area (Å²) in [7, 11) is 5.26. The standard InChI is InChI=1S/C17H31F3N6/c1-7-21-16(22-8-9-24(4)12-17(18,19)20)25(5)10-14-11-26(6)23-15(14)13(2)3/h11,13H,7-10,12H2,1-6H3,(H,21,22). The van der Waals surface area contributed by atoms with Crippen molar-refractivity contribution >= 4 is 5.96 Å². The van der Waals surface area contributed by atoms with Crippen LogP contribution in [0.5, 0.6) is 0 Å². The van der Waals surface area contributed by atoms with Crippen LogP contribution >= 0.6 is 0 Å². The number of halogens is 3. The fraction of sp³-hybridized carbons (Fsp3) is 0.765. The summed E-state index contributed by atoms with van der Waals surface area (Å²) in [4.78, 5) is 7.65. The van der Waals surface area contributed by atoms with Gasteiger partial charge in [0.25, 0.3) is 0 Å². The zero-order valence-electron chi connectivity index (χ0n) is 16.6. The van der Waals surface area contributed by atoms with Crippen LogP contribution in [0.25, 0.3) is 0 Å². The molecule has 0 radical (unpaired) electrons. The molecule has 1 aromatic rings. The predicted octanol–water partition coefficient (Wildman–Crippen LogP) is 2.43. The minimum Gasteiger partial charge on any atom is -0.357 e. The van der Waals surface area contributed by atoms with Crippen LogP contribution in [-0.4, -0.2) is 72.0 Å². The van der Waals surface area contributed by atoms with Crippen LogP contribution in [0.3, 0.4) is 0 Å². The van der Waals surface area contributed by atoms with Gasteiger partial charge in [-0.1, -0.05) is 13.8 Å². The topological polar surface area (TPSA) is 48.7 Å². The average molecular weight is 376 g/mol. The predicted molar refractivity (Wildman–Crippen MR) is 98.3 cm³/mol. The Morgan fingerprint density at radius 1 is 1.35 bits per heavy atom. The Bertz CT molecular complexity index is 580. The lowest BCUT2D eigenvalue weighted by Gasteiger charge is -2.23. The number of hydrogen-bond donors (Lipinski definition) is 1. The van der Waals surface area contributed by atoms with Gasteiger partial charge >= 0.3 is 6.18 Å². The number of alkyl halides is 3. The van der Waals surface area contributed by atoms with E-state index in [-0.39, 0.29) is 6.54 Å². The van der Waals surface area contributed by atoms with Crippen molar-refractivity contribution < 1.29 is 13.2 Å². The number of hydrogen-bond acceptors (Lipinski definition) is 3. The van der Waals surface area contributed by atoms with E-state index in [0.717, 1.165) is 11.3 Å². The van der Waals surface area contributed by atoms with E-state index in [0.29, 0.717) is 31.5 Å². The van der Waals surface area contributed by atoms with E-state index >= 15 is 0 Å². The van der Waals surface area contributed by atoms with Gasteiger partial charge in [0.1, 0.15) is 0 Å². The van der Waals surface area contributed by atoms with E-state index in [1.807, 2.05) is 32.1 Å². The molecule has 0 aliphatic rings. The van der Waals surface area contributed by atoms with E-state index in [9.17, 15) is 13.2 Å². The van der Waals surface area contributed by atoms with Crippen LogP contribution in [-0.2, 0) is 13.6 Å². The Labute approximate surface area is 154 Å². The maximum Gasteiger partial charge on any atom is 0.401 e. The van der Waals surface area contributed by atoms with Crippen LogP contribution in [0, 0.1) is 0 Å². The second kappa shape index (κ2) is 9.80. The zero-order chi connectivity index (χ0) is 19.9. The van der Waals surface area contributed by atoms with Gasteiger partial charge in [0, 0.05) is 45.5 Å². The van der Waals surface area contributed by atoms with Gasteiger partial charge in [-0.15, -0.1) is 0 Å². The molecule has 0 saturated heterocycles. The highest BCUT2D eigenvalue weighted by molar-refractivity contribution is 5.79. The molecule has 6 nitrogen and oxygen atoms in total. The lowest BCUT2D eigenvalue weighted by Crippen LogP contribution is -2.39. The molecule has 0 spiro atoms. The Morgan fingerprint density at radius 2 is 2.00 bits per heavy atom. The van der Waals surface area contributed by atoms with Crippen molar-refractivity contribution in [3.63, 3.8) is 0 Å². The summed E-state index contributed by atoms with van der Waals surface area (Å²) in [5.41, 5.74) is 2.16.